The van der Waals surface area contributed by atoms with Crippen LogP contribution in [0.25, 0.3) is 0 Å². The van der Waals surface area contributed by atoms with Gasteiger partial charge in [-0.1, -0.05) is 0 Å². The number of ketones is 1. The second kappa shape index (κ2) is 4.50. The summed E-state index contributed by atoms with van der Waals surface area (Å²) in [6, 6.07) is 0.427. The van der Waals surface area contributed by atoms with E-state index in [9.17, 15) is 4.79 Å². The number of hydrogen-bond donors (Lipinski definition) is 2. The molecule has 3 fully saturated rings. The number of halogens is 1. The van der Waals surface area contributed by atoms with Crippen LogP contribution in [0.3, 0.4) is 0 Å². The number of carbonyl (C=O) groups is 1. The summed E-state index contributed by atoms with van der Waals surface area (Å²) in [5, 5.41) is 6.55. The van der Waals surface area contributed by atoms with Crippen LogP contribution in [0, 0.1) is 11.8 Å². The summed E-state index contributed by atoms with van der Waals surface area (Å²) in [7, 11) is 0. The van der Waals surface area contributed by atoms with Gasteiger partial charge in [0.05, 0.1) is 17.3 Å². The molecule has 3 heterocycles. The zero-order valence-corrected chi connectivity index (χ0v) is 10.7. The summed E-state index contributed by atoms with van der Waals surface area (Å²) in [6.45, 7) is 2.13. The maximum Gasteiger partial charge on any atom is 0.146 e. The average Bonchev–Trinajstić information content (AvgIpc) is 2.28. The number of fused-ring (bicyclic) bond motifs is 2. The Balaban J connectivity index is 1.77. The van der Waals surface area contributed by atoms with E-state index in [1.165, 1.54) is 0 Å². The van der Waals surface area contributed by atoms with Crippen molar-refractivity contribution in [1.82, 2.24) is 10.6 Å². The molecule has 0 aromatic rings. The summed E-state index contributed by atoms with van der Waals surface area (Å²) in [5.41, 5.74) is -0.0679. The molecule has 3 saturated heterocycles. The first-order chi connectivity index (χ1) is 8.15. The molecule has 4 nitrogen and oxygen atoms in total. The van der Waals surface area contributed by atoms with Crippen LogP contribution in [0.4, 0.5) is 0 Å². The smallest absolute Gasteiger partial charge is 0.146 e. The number of alkyl halides is 1. The minimum absolute atomic E-state index is 0.00135. The fourth-order valence-electron chi connectivity index (χ4n) is 3.20. The molecule has 0 spiro atoms. The maximum atomic E-state index is 12.4. The van der Waals surface area contributed by atoms with E-state index in [2.05, 4.69) is 17.6 Å². The molecule has 6 unspecified atom stereocenters. The first-order valence-corrected chi connectivity index (χ1v) is 6.94. The topological polar surface area (TPSA) is 50.4 Å². The highest BCUT2D eigenvalue weighted by Crippen LogP contribution is 2.36. The van der Waals surface area contributed by atoms with Gasteiger partial charge in [0.1, 0.15) is 18.2 Å². The van der Waals surface area contributed by atoms with Gasteiger partial charge in [-0.05, 0) is 32.6 Å². The Morgan fingerprint density at radius 1 is 1.12 bits per heavy atom. The summed E-state index contributed by atoms with van der Waals surface area (Å²) < 4.78 is 5.98. The molecule has 0 bridgehead atoms. The van der Waals surface area contributed by atoms with E-state index in [4.69, 9.17) is 16.3 Å². The van der Waals surface area contributed by atoms with Gasteiger partial charge in [0.15, 0.2) is 0 Å². The van der Waals surface area contributed by atoms with Gasteiger partial charge >= 0.3 is 0 Å². The van der Waals surface area contributed by atoms with E-state index in [-0.39, 0.29) is 29.8 Å². The Labute approximate surface area is 106 Å². The van der Waals surface area contributed by atoms with Crippen LogP contribution in [-0.2, 0) is 9.53 Å². The summed E-state index contributed by atoms with van der Waals surface area (Å²) >= 11 is 6.07. The number of piperidine rings is 2. The molecule has 0 saturated carbocycles. The van der Waals surface area contributed by atoms with Gasteiger partial charge in [-0.3, -0.25) is 15.4 Å². The van der Waals surface area contributed by atoms with Gasteiger partial charge in [-0.15, -0.1) is 11.6 Å². The predicted molar refractivity (Wildman–Crippen MR) is 64.5 cm³/mol. The summed E-state index contributed by atoms with van der Waals surface area (Å²) in [5.74, 6) is 0.407. The molecule has 0 aromatic heterocycles. The highest BCUT2D eigenvalue weighted by molar-refractivity contribution is 6.20. The highest BCUT2D eigenvalue weighted by atomic mass is 35.5. The molecule has 0 aliphatic carbocycles. The molecule has 3 aliphatic rings. The van der Waals surface area contributed by atoms with E-state index in [1.54, 1.807) is 0 Å². The first kappa shape index (κ1) is 11.9. The lowest BCUT2D eigenvalue weighted by Gasteiger charge is -2.47. The molecule has 5 heteroatoms. The second-order valence-corrected chi connectivity index (χ2v) is 5.98. The van der Waals surface area contributed by atoms with Crippen LogP contribution in [0.15, 0.2) is 0 Å². The zero-order chi connectivity index (χ0) is 12.0. The van der Waals surface area contributed by atoms with Gasteiger partial charge in [-0.25, -0.2) is 0 Å². The Hall–Kier alpha value is -0.160. The quantitative estimate of drug-likeness (QED) is 0.506. The third-order valence-electron chi connectivity index (χ3n) is 4.19. The van der Waals surface area contributed by atoms with Gasteiger partial charge in [0, 0.05) is 6.04 Å². The van der Waals surface area contributed by atoms with Gasteiger partial charge in [0.2, 0.25) is 0 Å². The molecule has 0 radical (unpaired) electrons. The Kier molecular flexibility index (Phi) is 3.15. The van der Waals surface area contributed by atoms with Crippen molar-refractivity contribution in [3.63, 3.8) is 0 Å². The minimum atomic E-state index is -0.196. The fourth-order valence-corrected chi connectivity index (χ4v) is 3.45. The van der Waals surface area contributed by atoms with E-state index < -0.39 is 0 Å². The summed E-state index contributed by atoms with van der Waals surface area (Å²) in [4.78, 5) is 12.4. The van der Waals surface area contributed by atoms with Crippen molar-refractivity contribution >= 4 is 17.4 Å². The number of rotatable bonds is 0. The number of hydrogen-bond acceptors (Lipinski definition) is 4. The maximum absolute atomic E-state index is 12.4. The van der Waals surface area contributed by atoms with Gasteiger partial charge < -0.3 is 4.74 Å². The van der Waals surface area contributed by atoms with Crippen LogP contribution in [-0.4, -0.2) is 29.8 Å². The Bertz CT molecular complexity index is 298. The highest BCUT2D eigenvalue weighted by Gasteiger charge is 2.48. The number of ether oxygens (including phenoxy) is 1. The molecule has 3 rings (SSSR count). The van der Waals surface area contributed by atoms with Crippen molar-refractivity contribution in [2.45, 2.75) is 56.6 Å². The number of nitrogens with one attached hydrogen (secondary N) is 2. The van der Waals surface area contributed by atoms with E-state index >= 15 is 0 Å². The van der Waals surface area contributed by atoms with Crippen molar-refractivity contribution in [3.8, 4) is 0 Å². The molecule has 0 aromatic carbocycles. The van der Waals surface area contributed by atoms with E-state index in [0.717, 1.165) is 25.7 Å². The molecule has 6 atom stereocenters. The summed E-state index contributed by atoms with van der Waals surface area (Å²) in [6.07, 6.45) is 3.38. The molecule has 2 N–H and O–H groups in total. The minimum Gasteiger partial charge on any atom is -0.344 e. The van der Waals surface area contributed by atoms with Crippen molar-refractivity contribution in [2.24, 2.45) is 11.8 Å². The Morgan fingerprint density at radius 2 is 1.76 bits per heavy atom. The zero-order valence-electron chi connectivity index (χ0n) is 9.99. The monoisotopic (exact) mass is 258 g/mol. The standard InChI is InChI=1S/C12H19ClN2O2/c1-6-2-3-7-10(16)8-4-5-9(13)15-12(8)17-11(7)14-6/h6-9,11-12,14-15H,2-5H2,1H3. The predicted octanol–water partition coefficient (Wildman–Crippen LogP) is 1.19. The van der Waals surface area contributed by atoms with Gasteiger partial charge in [0.25, 0.3) is 0 Å². The van der Waals surface area contributed by atoms with Gasteiger partial charge in [-0.2, -0.15) is 0 Å². The number of Topliss-reactive ketones (excluding diaryl/α,β-unsaturated/α-hetero) is 1. The number of carbonyl (C=O) groups excluding carboxylic acids is 1. The van der Waals surface area contributed by atoms with E-state index in [1.807, 2.05) is 0 Å². The Morgan fingerprint density at radius 3 is 2.53 bits per heavy atom. The third-order valence-corrected chi connectivity index (χ3v) is 4.53. The molecular weight excluding hydrogens is 240 g/mol. The lowest BCUT2D eigenvalue weighted by molar-refractivity contribution is -0.179. The van der Waals surface area contributed by atoms with Crippen LogP contribution in [0.5, 0.6) is 0 Å². The first-order valence-electron chi connectivity index (χ1n) is 6.50. The van der Waals surface area contributed by atoms with E-state index in [0.29, 0.717) is 11.8 Å². The van der Waals surface area contributed by atoms with Crippen LogP contribution >= 0.6 is 11.6 Å². The average molecular weight is 259 g/mol. The normalized spacial score (nSPS) is 50.6. The molecular formula is C12H19ClN2O2. The van der Waals surface area contributed by atoms with Crippen molar-refractivity contribution < 1.29 is 9.53 Å². The molecule has 17 heavy (non-hydrogen) atoms. The van der Waals surface area contributed by atoms with Crippen LogP contribution in [0.2, 0.25) is 0 Å². The lowest BCUT2D eigenvalue weighted by Crippen LogP contribution is -2.63. The second-order valence-electron chi connectivity index (χ2n) is 5.45. The fraction of sp³-hybridized carbons (Fsp3) is 0.917. The lowest BCUT2D eigenvalue weighted by atomic mass is 9.78. The van der Waals surface area contributed by atoms with Crippen molar-refractivity contribution in [2.75, 3.05) is 0 Å². The molecule has 0 amide bonds. The van der Waals surface area contributed by atoms with Crippen molar-refractivity contribution in [3.05, 3.63) is 0 Å². The largest absolute Gasteiger partial charge is 0.344 e. The van der Waals surface area contributed by atoms with Crippen LogP contribution < -0.4 is 10.6 Å². The molecule has 3 aliphatic heterocycles. The molecule has 96 valence electrons. The SMILES string of the molecule is CC1CCC2C(=O)C3CCC(Cl)NC3OC2N1. The van der Waals surface area contributed by atoms with Crippen molar-refractivity contribution in [1.29, 1.82) is 0 Å². The third kappa shape index (κ3) is 2.12. The van der Waals surface area contributed by atoms with Crippen LogP contribution in [0.1, 0.15) is 32.6 Å².